The van der Waals surface area contributed by atoms with Crippen LogP contribution in [0.3, 0.4) is 0 Å². The number of hydrogen-bond acceptors (Lipinski definition) is 2. The summed E-state index contributed by atoms with van der Waals surface area (Å²) in [6.07, 6.45) is 0. The van der Waals surface area contributed by atoms with E-state index in [2.05, 4.69) is 216 Å². The molecular formula is C52H34N2S. The summed E-state index contributed by atoms with van der Waals surface area (Å²) in [4.78, 5) is 2.45. The number of para-hydroxylation sites is 4. The van der Waals surface area contributed by atoms with Gasteiger partial charge in [-0.1, -0.05) is 152 Å². The molecule has 2 nitrogen and oxygen atoms in total. The Morgan fingerprint density at radius 1 is 0.400 bits per heavy atom. The summed E-state index contributed by atoms with van der Waals surface area (Å²) in [5, 5.41) is 7.69. The van der Waals surface area contributed by atoms with Crippen molar-refractivity contribution in [2.24, 2.45) is 0 Å². The van der Waals surface area contributed by atoms with Crippen LogP contribution in [-0.2, 0) is 0 Å². The molecule has 2 heterocycles. The molecule has 0 spiro atoms. The van der Waals surface area contributed by atoms with Crippen LogP contribution in [0.25, 0.3) is 80.7 Å². The average Bonchev–Trinajstić information content (AvgIpc) is 3.82. The number of aromatic nitrogens is 1. The van der Waals surface area contributed by atoms with Crippen molar-refractivity contribution in [1.82, 2.24) is 4.57 Å². The molecule has 0 aliphatic carbocycles. The number of fused-ring (bicyclic) bond motifs is 8. The second-order valence-corrected chi connectivity index (χ2v) is 15.2. The largest absolute Gasteiger partial charge is 0.308 e. The predicted molar refractivity (Wildman–Crippen MR) is 237 cm³/mol. The van der Waals surface area contributed by atoms with Crippen molar-refractivity contribution in [2.75, 3.05) is 4.90 Å². The van der Waals surface area contributed by atoms with Gasteiger partial charge in [0.15, 0.2) is 0 Å². The monoisotopic (exact) mass is 718 g/mol. The molecule has 0 aliphatic rings. The Balaban J connectivity index is 1.13. The van der Waals surface area contributed by atoms with Crippen LogP contribution in [0, 0.1) is 0 Å². The van der Waals surface area contributed by atoms with E-state index in [1.54, 1.807) is 0 Å². The van der Waals surface area contributed by atoms with Crippen molar-refractivity contribution in [1.29, 1.82) is 0 Å². The first-order chi connectivity index (χ1) is 27.3. The van der Waals surface area contributed by atoms with Gasteiger partial charge in [0.1, 0.15) is 0 Å². The van der Waals surface area contributed by atoms with E-state index in [9.17, 15) is 0 Å². The number of thiophene rings is 1. The summed E-state index contributed by atoms with van der Waals surface area (Å²) in [5.74, 6) is 0. The van der Waals surface area contributed by atoms with Gasteiger partial charge in [-0.2, -0.15) is 0 Å². The highest BCUT2D eigenvalue weighted by atomic mass is 32.1. The summed E-state index contributed by atoms with van der Waals surface area (Å²) >= 11 is 1.89. The highest BCUT2D eigenvalue weighted by molar-refractivity contribution is 7.26. The molecule has 0 unspecified atom stereocenters. The van der Waals surface area contributed by atoms with Crippen molar-refractivity contribution in [3.8, 4) is 27.9 Å². The van der Waals surface area contributed by atoms with Crippen LogP contribution in [0.2, 0.25) is 0 Å². The zero-order chi connectivity index (χ0) is 36.3. The first kappa shape index (κ1) is 31.6. The Hall–Kier alpha value is -6.94. The van der Waals surface area contributed by atoms with Crippen molar-refractivity contribution < 1.29 is 0 Å². The van der Waals surface area contributed by atoms with Crippen LogP contribution >= 0.6 is 11.3 Å². The van der Waals surface area contributed by atoms with Gasteiger partial charge in [0.05, 0.1) is 22.4 Å². The van der Waals surface area contributed by atoms with Crippen LogP contribution in [-0.4, -0.2) is 4.57 Å². The van der Waals surface area contributed by atoms with E-state index in [1.165, 1.54) is 75.0 Å². The highest BCUT2D eigenvalue weighted by Gasteiger charge is 2.23. The molecule has 0 saturated heterocycles. The Morgan fingerprint density at radius 3 is 1.91 bits per heavy atom. The van der Waals surface area contributed by atoms with Crippen LogP contribution < -0.4 is 4.90 Å². The van der Waals surface area contributed by atoms with E-state index in [1.807, 2.05) is 11.3 Å². The summed E-state index contributed by atoms with van der Waals surface area (Å²) in [6, 6.07) is 75.1. The quantitative estimate of drug-likeness (QED) is 0.166. The van der Waals surface area contributed by atoms with Gasteiger partial charge in [0.25, 0.3) is 0 Å². The smallest absolute Gasteiger partial charge is 0.0782 e. The second kappa shape index (κ2) is 12.9. The average molecular weight is 719 g/mol. The maximum atomic E-state index is 2.45. The molecule has 11 rings (SSSR count). The Kier molecular flexibility index (Phi) is 7.39. The number of rotatable bonds is 6. The van der Waals surface area contributed by atoms with Gasteiger partial charge >= 0.3 is 0 Å². The van der Waals surface area contributed by atoms with Gasteiger partial charge in [0.2, 0.25) is 0 Å². The number of anilines is 3. The molecule has 0 fully saturated rings. The lowest BCUT2D eigenvalue weighted by atomic mass is 9.98. The molecule has 0 saturated carbocycles. The van der Waals surface area contributed by atoms with Gasteiger partial charge in [-0.05, 0) is 76.7 Å². The van der Waals surface area contributed by atoms with E-state index >= 15 is 0 Å². The summed E-state index contributed by atoms with van der Waals surface area (Å²) < 4.78 is 5.11. The molecule has 0 bridgehead atoms. The Labute approximate surface area is 323 Å². The number of benzene rings is 9. The molecular weight excluding hydrogens is 685 g/mol. The fourth-order valence-corrected chi connectivity index (χ4v) is 9.68. The first-order valence-electron chi connectivity index (χ1n) is 18.8. The van der Waals surface area contributed by atoms with Crippen LogP contribution in [0.4, 0.5) is 17.1 Å². The normalized spacial score (nSPS) is 11.6. The lowest BCUT2D eigenvalue weighted by molar-refractivity contribution is 1.17. The lowest BCUT2D eigenvalue weighted by Crippen LogP contribution is -2.12. The molecule has 3 heteroatoms. The second-order valence-electron chi connectivity index (χ2n) is 14.1. The third-order valence-corrected chi connectivity index (χ3v) is 12.2. The molecule has 55 heavy (non-hydrogen) atoms. The topological polar surface area (TPSA) is 8.17 Å². The zero-order valence-electron chi connectivity index (χ0n) is 29.9. The number of nitrogens with zero attached hydrogens (tertiary/aromatic N) is 2. The van der Waals surface area contributed by atoms with E-state index in [0.717, 1.165) is 22.7 Å². The van der Waals surface area contributed by atoms with Gasteiger partial charge in [0, 0.05) is 53.3 Å². The molecule has 11 aromatic rings. The lowest BCUT2D eigenvalue weighted by Gasteiger charge is -2.29. The molecule has 0 amide bonds. The summed E-state index contributed by atoms with van der Waals surface area (Å²) in [5.41, 5.74) is 11.6. The Morgan fingerprint density at radius 2 is 1.05 bits per heavy atom. The number of hydrogen-bond donors (Lipinski definition) is 0. The molecule has 0 atom stereocenters. The molecule has 0 N–H and O–H groups in total. The predicted octanol–water partition coefficient (Wildman–Crippen LogP) is 15.1. The van der Waals surface area contributed by atoms with Crippen LogP contribution in [0.5, 0.6) is 0 Å². The maximum Gasteiger partial charge on any atom is 0.0782 e. The van der Waals surface area contributed by atoms with Gasteiger partial charge in [-0.3, -0.25) is 0 Å². The summed E-state index contributed by atoms with van der Waals surface area (Å²) in [7, 11) is 0. The van der Waals surface area contributed by atoms with Crippen molar-refractivity contribution in [3.05, 3.63) is 206 Å². The summed E-state index contributed by atoms with van der Waals surface area (Å²) in [6.45, 7) is 0. The zero-order valence-corrected chi connectivity index (χ0v) is 30.7. The van der Waals surface area contributed by atoms with Crippen molar-refractivity contribution in [3.63, 3.8) is 0 Å². The molecule has 258 valence electrons. The fourth-order valence-electron chi connectivity index (χ4n) is 8.45. The van der Waals surface area contributed by atoms with E-state index in [-0.39, 0.29) is 0 Å². The minimum Gasteiger partial charge on any atom is -0.308 e. The van der Waals surface area contributed by atoms with Crippen molar-refractivity contribution in [2.45, 2.75) is 0 Å². The van der Waals surface area contributed by atoms with Gasteiger partial charge in [-0.15, -0.1) is 11.3 Å². The van der Waals surface area contributed by atoms with E-state index in [4.69, 9.17) is 0 Å². The minimum atomic E-state index is 1.09. The highest BCUT2D eigenvalue weighted by Crippen LogP contribution is 2.47. The Bertz CT molecular complexity index is 3190. The third kappa shape index (κ3) is 5.16. The molecule has 0 aliphatic heterocycles. The standard InChI is InChI=1S/C52H34N2S/c1-3-14-36(15-4-1)41-18-7-10-22-47(41)53(49-24-13-21-44-42-19-8-11-23-48(42)54(51(44)49)39-16-5-2-6-17-39)40-31-28-35(29-32-40)38-27-26-37-30-33-45-43-20-9-12-25-50(43)55-52(45)46(37)34-38/h1-34H. The molecule has 2 aromatic heterocycles. The van der Waals surface area contributed by atoms with Crippen LogP contribution in [0.1, 0.15) is 0 Å². The SMILES string of the molecule is c1ccc(-c2ccccc2N(c2ccc(-c3ccc4ccc5c6ccccc6sc5c4c3)cc2)c2cccc3c4ccccc4n(-c4ccccc4)c23)cc1. The van der Waals surface area contributed by atoms with Crippen molar-refractivity contribution >= 4 is 81.1 Å². The van der Waals surface area contributed by atoms with Gasteiger partial charge in [-0.25, -0.2) is 0 Å². The van der Waals surface area contributed by atoms with Crippen LogP contribution in [0.15, 0.2) is 206 Å². The van der Waals surface area contributed by atoms with Gasteiger partial charge < -0.3 is 9.47 Å². The minimum absolute atomic E-state index is 1.09. The molecule has 9 aromatic carbocycles. The molecule has 0 radical (unpaired) electrons. The maximum absolute atomic E-state index is 2.45. The first-order valence-corrected chi connectivity index (χ1v) is 19.6. The third-order valence-electron chi connectivity index (χ3n) is 11.0. The van der Waals surface area contributed by atoms with E-state index in [0.29, 0.717) is 0 Å². The van der Waals surface area contributed by atoms with E-state index < -0.39 is 0 Å². The fraction of sp³-hybridized carbons (Fsp3) is 0.